The van der Waals surface area contributed by atoms with Crippen LogP contribution in [-0.2, 0) is 23.2 Å². The lowest BCUT2D eigenvalue weighted by Gasteiger charge is -2.19. The molecule has 30 heavy (non-hydrogen) atoms. The zero-order valence-corrected chi connectivity index (χ0v) is 19.1. The molecule has 0 saturated heterocycles. The lowest BCUT2D eigenvalue weighted by Crippen LogP contribution is -2.36. The molecular formula is C23H35N5O2. The Morgan fingerprint density at radius 2 is 1.73 bits per heavy atom. The second-order valence-electron chi connectivity index (χ2n) is 9.90. The highest BCUT2D eigenvalue weighted by atomic mass is 16.2. The van der Waals surface area contributed by atoms with Crippen molar-refractivity contribution in [2.75, 3.05) is 13.1 Å². The fraction of sp³-hybridized carbons (Fsp3) is 0.565. The number of rotatable bonds is 8. The zero-order chi connectivity index (χ0) is 22.4. The van der Waals surface area contributed by atoms with Crippen LogP contribution in [0.2, 0.25) is 0 Å². The summed E-state index contributed by atoms with van der Waals surface area (Å²) in [5, 5.41) is 13.8. The van der Waals surface area contributed by atoms with E-state index in [2.05, 4.69) is 62.5 Å². The Kier molecular flexibility index (Phi) is 7.76. The van der Waals surface area contributed by atoms with Gasteiger partial charge in [-0.1, -0.05) is 58.9 Å². The van der Waals surface area contributed by atoms with Gasteiger partial charge in [-0.15, -0.1) is 5.10 Å². The number of amides is 2. The Morgan fingerprint density at radius 1 is 1.03 bits per heavy atom. The Hall–Kier alpha value is -2.70. The van der Waals surface area contributed by atoms with Crippen LogP contribution in [0.5, 0.6) is 0 Å². The van der Waals surface area contributed by atoms with Crippen molar-refractivity contribution < 1.29 is 9.59 Å². The SMILES string of the molecule is CC(C)(C)CCc1cn(CC(=O)NCCNC(=O)c2cccc(C(C)(C)C)c2)nn1. The number of nitrogens with one attached hydrogen (secondary N) is 2. The molecule has 0 fully saturated rings. The van der Waals surface area contributed by atoms with Crippen molar-refractivity contribution in [3.63, 3.8) is 0 Å². The summed E-state index contributed by atoms with van der Waals surface area (Å²) in [5.41, 5.74) is 2.84. The Labute approximate surface area is 179 Å². The summed E-state index contributed by atoms with van der Waals surface area (Å²) in [6, 6.07) is 7.63. The minimum atomic E-state index is -0.161. The van der Waals surface area contributed by atoms with Crippen molar-refractivity contribution >= 4 is 11.8 Å². The summed E-state index contributed by atoms with van der Waals surface area (Å²) in [7, 11) is 0. The van der Waals surface area contributed by atoms with Crippen LogP contribution in [0.1, 0.15) is 69.6 Å². The Balaban J connectivity index is 1.72. The molecule has 1 aromatic carbocycles. The van der Waals surface area contributed by atoms with E-state index in [-0.39, 0.29) is 29.2 Å². The molecule has 2 aromatic rings. The molecule has 0 saturated carbocycles. The van der Waals surface area contributed by atoms with Gasteiger partial charge in [0.15, 0.2) is 0 Å². The van der Waals surface area contributed by atoms with Crippen LogP contribution in [-0.4, -0.2) is 39.9 Å². The van der Waals surface area contributed by atoms with Crippen molar-refractivity contribution in [1.82, 2.24) is 25.6 Å². The van der Waals surface area contributed by atoms with E-state index in [0.717, 1.165) is 24.1 Å². The van der Waals surface area contributed by atoms with Crippen LogP contribution >= 0.6 is 0 Å². The second kappa shape index (κ2) is 9.87. The van der Waals surface area contributed by atoms with E-state index in [1.807, 2.05) is 24.4 Å². The van der Waals surface area contributed by atoms with E-state index < -0.39 is 0 Å². The number of carbonyl (C=O) groups is 2. The topological polar surface area (TPSA) is 88.9 Å². The predicted molar refractivity (Wildman–Crippen MR) is 118 cm³/mol. The molecule has 164 valence electrons. The minimum Gasteiger partial charge on any atom is -0.353 e. The van der Waals surface area contributed by atoms with Crippen LogP contribution in [0.4, 0.5) is 0 Å². The third-order valence-corrected chi connectivity index (χ3v) is 4.75. The molecule has 2 amide bonds. The highest BCUT2D eigenvalue weighted by molar-refractivity contribution is 5.94. The van der Waals surface area contributed by atoms with Crippen LogP contribution in [0.25, 0.3) is 0 Å². The summed E-state index contributed by atoms with van der Waals surface area (Å²) >= 11 is 0. The summed E-state index contributed by atoms with van der Waals surface area (Å²) in [6.45, 7) is 13.7. The van der Waals surface area contributed by atoms with Crippen molar-refractivity contribution in [2.45, 2.75) is 66.3 Å². The molecule has 7 nitrogen and oxygen atoms in total. The van der Waals surface area contributed by atoms with Gasteiger partial charge in [0.1, 0.15) is 6.54 Å². The van der Waals surface area contributed by atoms with Gasteiger partial charge in [-0.25, -0.2) is 4.68 Å². The monoisotopic (exact) mass is 413 g/mol. The van der Waals surface area contributed by atoms with Gasteiger partial charge in [0.05, 0.1) is 5.69 Å². The molecule has 0 aliphatic heterocycles. The highest BCUT2D eigenvalue weighted by Crippen LogP contribution is 2.23. The molecule has 0 atom stereocenters. The van der Waals surface area contributed by atoms with Crippen molar-refractivity contribution in [3.05, 3.63) is 47.3 Å². The van der Waals surface area contributed by atoms with Crippen molar-refractivity contribution in [1.29, 1.82) is 0 Å². The third kappa shape index (κ3) is 7.97. The quantitative estimate of drug-likeness (QED) is 0.651. The molecule has 2 rings (SSSR count). The van der Waals surface area contributed by atoms with Gasteiger partial charge >= 0.3 is 0 Å². The number of benzene rings is 1. The largest absolute Gasteiger partial charge is 0.353 e. The summed E-state index contributed by atoms with van der Waals surface area (Å²) in [6.07, 6.45) is 3.67. The average molecular weight is 414 g/mol. The molecule has 1 aromatic heterocycles. The van der Waals surface area contributed by atoms with Crippen LogP contribution in [0.15, 0.2) is 30.5 Å². The lowest BCUT2D eigenvalue weighted by molar-refractivity contribution is -0.121. The van der Waals surface area contributed by atoms with E-state index in [1.165, 1.54) is 0 Å². The highest BCUT2D eigenvalue weighted by Gasteiger charge is 2.16. The van der Waals surface area contributed by atoms with E-state index in [9.17, 15) is 9.59 Å². The van der Waals surface area contributed by atoms with Crippen molar-refractivity contribution in [2.24, 2.45) is 5.41 Å². The van der Waals surface area contributed by atoms with Crippen LogP contribution in [0.3, 0.4) is 0 Å². The maximum atomic E-state index is 12.3. The number of hydrogen-bond donors (Lipinski definition) is 2. The standard InChI is InChI=1S/C23H35N5O2/c1-22(2,3)11-10-19-15-28(27-26-19)16-20(29)24-12-13-25-21(30)17-8-7-9-18(14-17)23(4,5)6/h7-9,14-15H,10-13,16H2,1-6H3,(H,24,29)(H,25,30). The van der Waals surface area contributed by atoms with Gasteiger partial charge in [-0.3, -0.25) is 9.59 Å². The van der Waals surface area contributed by atoms with Crippen LogP contribution in [0, 0.1) is 5.41 Å². The predicted octanol–water partition coefficient (Wildman–Crippen LogP) is 3.10. The molecule has 7 heteroatoms. The summed E-state index contributed by atoms with van der Waals surface area (Å²) < 4.78 is 1.55. The molecule has 0 aliphatic rings. The molecule has 0 aliphatic carbocycles. The molecular weight excluding hydrogens is 378 g/mol. The van der Waals surface area contributed by atoms with Crippen LogP contribution < -0.4 is 10.6 Å². The average Bonchev–Trinajstić information content (AvgIpc) is 3.09. The summed E-state index contributed by atoms with van der Waals surface area (Å²) in [5.74, 6) is -0.304. The van der Waals surface area contributed by atoms with E-state index >= 15 is 0 Å². The Morgan fingerprint density at radius 3 is 2.40 bits per heavy atom. The van der Waals surface area contributed by atoms with Gasteiger partial charge < -0.3 is 10.6 Å². The fourth-order valence-corrected chi connectivity index (χ4v) is 2.84. The second-order valence-corrected chi connectivity index (χ2v) is 9.90. The zero-order valence-electron chi connectivity index (χ0n) is 19.1. The number of hydrogen-bond acceptors (Lipinski definition) is 4. The van der Waals surface area contributed by atoms with Gasteiger partial charge in [0.2, 0.25) is 5.91 Å². The minimum absolute atomic E-state index is 0.0156. The first-order valence-electron chi connectivity index (χ1n) is 10.5. The fourth-order valence-electron chi connectivity index (χ4n) is 2.84. The molecule has 2 N–H and O–H groups in total. The van der Waals surface area contributed by atoms with Gasteiger partial charge in [-0.05, 0) is 41.4 Å². The molecule has 0 bridgehead atoms. The van der Waals surface area contributed by atoms with Crippen molar-refractivity contribution in [3.8, 4) is 0 Å². The van der Waals surface area contributed by atoms with E-state index in [4.69, 9.17) is 0 Å². The first-order valence-corrected chi connectivity index (χ1v) is 10.5. The first kappa shape index (κ1) is 23.6. The number of carbonyl (C=O) groups excluding carboxylic acids is 2. The summed E-state index contributed by atoms with van der Waals surface area (Å²) in [4.78, 5) is 24.4. The van der Waals surface area contributed by atoms with Gasteiger partial charge in [-0.2, -0.15) is 0 Å². The Bertz CT molecular complexity index is 859. The van der Waals surface area contributed by atoms with Gasteiger partial charge in [0.25, 0.3) is 5.91 Å². The molecule has 0 unspecified atom stereocenters. The smallest absolute Gasteiger partial charge is 0.251 e. The lowest BCUT2D eigenvalue weighted by atomic mass is 9.86. The maximum absolute atomic E-state index is 12.3. The van der Waals surface area contributed by atoms with Gasteiger partial charge in [0, 0.05) is 24.8 Å². The van der Waals surface area contributed by atoms with E-state index in [1.54, 1.807) is 10.7 Å². The molecule has 1 heterocycles. The number of aryl methyl sites for hydroxylation is 1. The first-order chi connectivity index (χ1) is 13.9. The normalized spacial score (nSPS) is 11.9. The number of aromatic nitrogens is 3. The molecule has 0 radical (unpaired) electrons. The third-order valence-electron chi connectivity index (χ3n) is 4.75. The number of nitrogens with zero attached hydrogens (tertiary/aromatic N) is 3. The molecule has 0 spiro atoms. The maximum Gasteiger partial charge on any atom is 0.251 e. The van der Waals surface area contributed by atoms with E-state index in [0.29, 0.717) is 18.7 Å².